The van der Waals surface area contributed by atoms with Crippen LogP contribution in [0.1, 0.15) is 23.1 Å². The first-order valence-corrected chi connectivity index (χ1v) is 8.08. The molecule has 0 atom stereocenters. The van der Waals surface area contributed by atoms with Gasteiger partial charge in [0.2, 0.25) is 18.6 Å². The van der Waals surface area contributed by atoms with Crippen LogP contribution < -0.4 is 20.1 Å². The number of hydrogen-bond donors (Lipinski definition) is 2. The minimum Gasteiger partial charge on any atom is -0.454 e. The summed E-state index contributed by atoms with van der Waals surface area (Å²) in [6, 6.07) is 13.3. The number of ether oxygens (including phenoxy) is 2. The van der Waals surface area contributed by atoms with Crippen molar-refractivity contribution >= 4 is 11.8 Å². The van der Waals surface area contributed by atoms with Gasteiger partial charge in [-0.15, -0.1) is 0 Å². The Kier molecular flexibility index (Phi) is 5.18. The highest BCUT2D eigenvalue weighted by molar-refractivity contribution is 5.96. The second-order valence-electron chi connectivity index (χ2n) is 5.84. The number of fused-ring (bicyclic) bond motifs is 1. The highest BCUT2D eigenvalue weighted by atomic mass is 16.7. The Morgan fingerprint density at radius 1 is 0.960 bits per heavy atom. The van der Waals surface area contributed by atoms with Crippen LogP contribution >= 0.6 is 0 Å². The van der Waals surface area contributed by atoms with Crippen molar-refractivity contribution in [2.24, 2.45) is 0 Å². The van der Waals surface area contributed by atoms with E-state index in [1.54, 1.807) is 6.07 Å². The maximum atomic E-state index is 11.9. The third kappa shape index (κ3) is 4.50. The number of nitrogens with one attached hydrogen (secondary N) is 2. The maximum absolute atomic E-state index is 11.9. The van der Waals surface area contributed by atoms with E-state index in [-0.39, 0.29) is 25.0 Å². The van der Waals surface area contributed by atoms with Crippen LogP contribution in [0.15, 0.2) is 42.5 Å². The van der Waals surface area contributed by atoms with E-state index in [9.17, 15) is 9.59 Å². The molecule has 2 N–H and O–H groups in total. The molecule has 6 heteroatoms. The number of amides is 2. The third-order valence-electron chi connectivity index (χ3n) is 3.99. The van der Waals surface area contributed by atoms with Crippen molar-refractivity contribution < 1.29 is 19.1 Å². The van der Waals surface area contributed by atoms with Crippen molar-refractivity contribution in [2.45, 2.75) is 26.4 Å². The molecule has 0 bridgehead atoms. The number of hydrogen-bond acceptors (Lipinski definition) is 4. The van der Waals surface area contributed by atoms with Crippen molar-refractivity contribution in [3.8, 4) is 11.5 Å². The van der Waals surface area contributed by atoms with Gasteiger partial charge in [0, 0.05) is 13.1 Å². The van der Waals surface area contributed by atoms with Crippen molar-refractivity contribution in [3.63, 3.8) is 0 Å². The third-order valence-corrected chi connectivity index (χ3v) is 3.99. The van der Waals surface area contributed by atoms with Crippen LogP contribution in [-0.4, -0.2) is 18.6 Å². The number of aryl methyl sites for hydroxylation is 1. The van der Waals surface area contributed by atoms with Gasteiger partial charge in [-0.2, -0.15) is 0 Å². The predicted octanol–water partition coefficient (Wildman–Crippen LogP) is 2.05. The van der Waals surface area contributed by atoms with Crippen LogP contribution in [-0.2, 0) is 22.7 Å². The molecule has 0 aliphatic carbocycles. The molecule has 1 heterocycles. The molecule has 3 rings (SSSR count). The molecule has 2 amide bonds. The Hall–Kier alpha value is -3.02. The van der Waals surface area contributed by atoms with E-state index in [1.165, 1.54) is 0 Å². The molecule has 0 saturated heterocycles. The van der Waals surface area contributed by atoms with Gasteiger partial charge < -0.3 is 20.1 Å². The van der Waals surface area contributed by atoms with Crippen molar-refractivity contribution in [3.05, 3.63) is 59.2 Å². The van der Waals surface area contributed by atoms with Crippen molar-refractivity contribution in [1.29, 1.82) is 0 Å². The second kappa shape index (κ2) is 7.70. The average Bonchev–Trinajstić information content (AvgIpc) is 3.07. The van der Waals surface area contributed by atoms with Gasteiger partial charge in [-0.1, -0.05) is 30.3 Å². The zero-order valence-electron chi connectivity index (χ0n) is 14.0. The molecule has 130 valence electrons. The summed E-state index contributed by atoms with van der Waals surface area (Å²) < 4.78 is 10.5. The van der Waals surface area contributed by atoms with E-state index in [0.717, 1.165) is 16.7 Å². The van der Waals surface area contributed by atoms with E-state index in [0.29, 0.717) is 24.6 Å². The molecule has 1 aliphatic rings. The van der Waals surface area contributed by atoms with Gasteiger partial charge in [-0.05, 0) is 35.7 Å². The molecule has 1 aliphatic heterocycles. The van der Waals surface area contributed by atoms with Crippen LogP contribution in [0.3, 0.4) is 0 Å². The highest BCUT2D eigenvalue weighted by Gasteiger charge is 2.14. The fourth-order valence-corrected chi connectivity index (χ4v) is 2.52. The predicted molar refractivity (Wildman–Crippen MR) is 92.1 cm³/mol. The maximum Gasteiger partial charge on any atom is 0.231 e. The molecule has 0 saturated carbocycles. The van der Waals surface area contributed by atoms with Crippen LogP contribution in [0.5, 0.6) is 11.5 Å². The molecular formula is C19H20N2O4. The first-order valence-electron chi connectivity index (χ1n) is 8.08. The molecule has 2 aromatic carbocycles. The Balaban J connectivity index is 1.43. The average molecular weight is 340 g/mol. The van der Waals surface area contributed by atoms with E-state index < -0.39 is 0 Å². The van der Waals surface area contributed by atoms with Crippen molar-refractivity contribution in [2.75, 3.05) is 6.79 Å². The molecule has 0 spiro atoms. The molecule has 25 heavy (non-hydrogen) atoms. The zero-order chi connectivity index (χ0) is 17.6. The molecular weight excluding hydrogens is 320 g/mol. The Bertz CT molecular complexity index is 789. The summed E-state index contributed by atoms with van der Waals surface area (Å²) in [5.74, 6) is 0.750. The minimum atomic E-state index is -0.319. The summed E-state index contributed by atoms with van der Waals surface area (Å²) in [6.07, 6.45) is -0.198. The lowest BCUT2D eigenvalue weighted by molar-refractivity contribution is -0.129. The fourth-order valence-electron chi connectivity index (χ4n) is 2.52. The Morgan fingerprint density at radius 3 is 2.48 bits per heavy atom. The lowest BCUT2D eigenvalue weighted by Crippen LogP contribution is -2.31. The Morgan fingerprint density at radius 2 is 1.68 bits per heavy atom. The second-order valence-corrected chi connectivity index (χ2v) is 5.84. The lowest BCUT2D eigenvalue weighted by Gasteiger charge is -2.09. The molecule has 0 unspecified atom stereocenters. The summed E-state index contributed by atoms with van der Waals surface area (Å²) in [7, 11) is 0. The molecule has 0 fully saturated rings. The summed E-state index contributed by atoms with van der Waals surface area (Å²) in [6.45, 7) is 2.95. The quantitative estimate of drug-likeness (QED) is 0.789. The monoisotopic (exact) mass is 340 g/mol. The summed E-state index contributed by atoms with van der Waals surface area (Å²) in [4.78, 5) is 23.8. The Labute approximate surface area is 146 Å². The van der Waals surface area contributed by atoms with E-state index in [1.807, 2.05) is 43.3 Å². The standard InChI is InChI=1S/C19H20N2O4/c1-13-4-2-3-5-15(13)11-21-19(23)9-18(22)20-10-14-6-7-16-17(8-14)25-12-24-16/h2-8H,9-12H2,1H3,(H,20,22)(H,21,23). The van der Waals surface area contributed by atoms with Gasteiger partial charge in [0.1, 0.15) is 6.42 Å². The van der Waals surface area contributed by atoms with Gasteiger partial charge in [0.25, 0.3) is 0 Å². The number of rotatable bonds is 6. The molecule has 0 aromatic heterocycles. The van der Waals surface area contributed by atoms with Gasteiger partial charge in [-0.3, -0.25) is 9.59 Å². The minimum absolute atomic E-state index is 0.198. The summed E-state index contributed by atoms with van der Waals surface area (Å²) >= 11 is 0. The van der Waals surface area contributed by atoms with Crippen LogP contribution in [0.4, 0.5) is 0 Å². The number of benzene rings is 2. The lowest BCUT2D eigenvalue weighted by atomic mass is 10.1. The van der Waals surface area contributed by atoms with E-state index in [4.69, 9.17) is 9.47 Å². The fraction of sp³-hybridized carbons (Fsp3) is 0.263. The highest BCUT2D eigenvalue weighted by Crippen LogP contribution is 2.32. The normalized spacial score (nSPS) is 11.9. The van der Waals surface area contributed by atoms with Gasteiger partial charge in [0.15, 0.2) is 11.5 Å². The molecule has 2 aromatic rings. The van der Waals surface area contributed by atoms with Gasteiger partial charge in [-0.25, -0.2) is 0 Å². The van der Waals surface area contributed by atoms with E-state index in [2.05, 4.69) is 10.6 Å². The zero-order valence-corrected chi connectivity index (χ0v) is 14.0. The SMILES string of the molecule is Cc1ccccc1CNC(=O)CC(=O)NCc1ccc2c(c1)OCO2. The largest absolute Gasteiger partial charge is 0.454 e. The van der Waals surface area contributed by atoms with Gasteiger partial charge in [0.05, 0.1) is 0 Å². The van der Waals surface area contributed by atoms with Crippen molar-refractivity contribution in [1.82, 2.24) is 10.6 Å². The van der Waals surface area contributed by atoms with Crippen LogP contribution in [0.2, 0.25) is 0 Å². The molecule has 6 nitrogen and oxygen atoms in total. The number of carbonyl (C=O) groups is 2. The molecule has 0 radical (unpaired) electrons. The first-order chi connectivity index (χ1) is 12.1. The number of carbonyl (C=O) groups excluding carboxylic acids is 2. The summed E-state index contributed by atoms with van der Waals surface area (Å²) in [5.41, 5.74) is 3.03. The van der Waals surface area contributed by atoms with Gasteiger partial charge >= 0.3 is 0 Å². The smallest absolute Gasteiger partial charge is 0.231 e. The topological polar surface area (TPSA) is 76.7 Å². The first kappa shape index (κ1) is 16.8. The van der Waals surface area contributed by atoms with E-state index >= 15 is 0 Å². The van der Waals surface area contributed by atoms with Crippen LogP contribution in [0.25, 0.3) is 0 Å². The summed E-state index contributed by atoms with van der Waals surface area (Å²) in [5, 5.41) is 5.50. The van der Waals surface area contributed by atoms with Crippen LogP contribution in [0, 0.1) is 6.92 Å².